The highest BCUT2D eigenvalue weighted by Crippen LogP contribution is 2.34. The molecule has 0 atom stereocenters. The Labute approximate surface area is 243 Å². The van der Waals surface area contributed by atoms with Gasteiger partial charge in [-0.05, 0) is 102 Å². The van der Waals surface area contributed by atoms with Gasteiger partial charge in [-0.15, -0.1) is 0 Å². The number of hydrogen-bond acceptors (Lipinski definition) is 2. The topological polar surface area (TPSA) is 15.3 Å². The minimum absolute atomic E-state index is 1.06. The summed E-state index contributed by atoms with van der Waals surface area (Å²) >= 11 is 0. The summed E-state index contributed by atoms with van der Waals surface area (Å²) in [7, 11) is 0. The second-order valence-corrected chi connectivity index (χ2v) is 10.3. The van der Waals surface area contributed by atoms with E-state index in [4.69, 9.17) is 0 Å². The van der Waals surface area contributed by atoms with Crippen molar-refractivity contribution >= 4 is 28.4 Å². The van der Waals surface area contributed by atoms with Crippen LogP contribution in [0.25, 0.3) is 11.1 Å². The zero-order chi connectivity index (χ0) is 27.7. The van der Waals surface area contributed by atoms with Crippen molar-refractivity contribution in [3.8, 4) is 11.1 Å². The highest BCUT2D eigenvalue weighted by molar-refractivity contribution is 5.76. The molecule has 6 rings (SSSR count). The van der Waals surface area contributed by atoms with Crippen LogP contribution in [-0.4, -0.2) is 0 Å². The molecule has 0 heterocycles. The number of nitrogens with zero attached hydrogens (tertiary/aromatic N) is 1. The molecule has 0 bridgehead atoms. The number of anilines is 5. The molecule has 0 saturated heterocycles. The molecule has 0 radical (unpaired) electrons. The van der Waals surface area contributed by atoms with Gasteiger partial charge in [-0.2, -0.15) is 0 Å². The van der Waals surface area contributed by atoms with E-state index in [0.717, 1.165) is 42.0 Å². The molecule has 6 aromatic rings. The van der Waals surface area contributed by atoms with Crippen LogP contribution in [0.4, 0.5) is 28.4 Å². The Morgan fingerprint density at radius 1 is 0.366 bits per heavy atom. The van der Waals surface area contributed by atoms with Gasteiger partial charge in [0.1, 0.15) is 0 Å². The van der Waals surface area contributed by atoms with E-state index in [1.165, 1.54) is 27.9 Å². The lowest BCUT2D eigenvalue weighted by Crippen LogP contribution is -2.09. The Kier molecular flexibility index (Phi) is 8.20. The van der Waals surface area contributed by atoms with Crippen molar-refractivity contribution in [2.24, 2.45) is 0 Å². The summed E-state index contributed by atoms with van der Waals surface area (Å²) in [4.78, 5) is 2.30. The first-order valence-corrected chi connectivity index (χ1v) is 14.3. The first-order chi connectivity index (χ1) is 20.3. The zero-order valence-corrected chi connectivity index (χ0v) is 23.2. The lowest BCUT2D eigenvalue weighted by molar-refractivity contribution is 0.821. The van der Waals surface area contributed by atoms with E-state index in [2.05, 4.69) is 156 Å². The lowest BCUT2D eigenvalue weighted by Gasteiger charge is -2.25. The van der Waals surface area contributed by atoms with E-state index >= 15 is 0 Å². The summed E-state index contributed by atoms with van der Waals surface area (Å²) in [5.41, 5.74) is 10.9. The molecule has 0 unspecified atom stereocenters. The maximum absolute atomic E-state index is 3.45. The third-order valence-electron chi connectivity index (χ3n) is 7.39. The van der Waals surface area contributed by atoms with Crippen molar-refractivity contribution in [1.82, 2.24) is 0 Å². The van der Waals surface area contributed by atoms with Gasteiger partial charge in [-0.3, -0.25) is 0 Å². The molecule has 0 aliphatic heterocycles. The third-order valence-corrected chi connectivity index (χ3v) is 7.39. The molecule has 0 aromatic heterocycles. The SMILES string of the molecule is c1ccc(Nc2ccc(-c3ccc(CCCc4ccc(N(c5ccccc5)c5ccccc5)cc4)cc3)cc2)cc1. The fourth-order valence-corrected chi connectivity index (χ4v) is 5.21. The molecule has 2 nitrogen and oxygen atoms in total. The lowest BCUT2D eigenvalue weighted by atomic mass is 10.00. The number of hydrogen-bond donors (Lipinski definition) is 1. The molecule has 1 N–H and O–H groups in total. The fraction of sp³-hybridized carbons (Fsp3) is 0.0769. The van der Waals surface area contributed by atoms with Crippen LogP contribution in [0.5, 0.6) is 0 Å². The van der Waals surface area contributed by atoms with Crippen molar-refractivity contribution in [3.63, 3.8) is 0 Å². The molecule has 0 amide bonds. The molecule has 0 saturated carbocycles. The summed E-state index contributed by atoms with van der Waals surface area (Å²) < 4.78 is 0. The van der Waals surface area contributed by atoms with Gasteiger partial charge < -0.3 is 10.2 Å². The van der Waals surface area contributed by atoms with Crippen LogP contribution in [0.1, 0.15) is 17.5 Å². The summed E-state index contributed by atoms with van der Waals surface area (Å²) in [6, 6.07) is 58.1. The number of benzene rings is 6. The van der Waals surface area contributed by atoms with Crippen LogP contribution < -0.4 is 10.2 Å². The van der Waals surface area contributed by atoms with Gasteiger partial charge in [0.2, 0.25) is 0 Å². The number of aryl methyl sites for hydroxylation is 2. The van der Waals surface area contributed by atoms with E-state index in [1.807, 2.05) is 18.2 Å². The second-order valence-electron chi connectivity index (χ2n) is 10.3. The summed E-state index contributed by atoms with van der Waals surface area (Å²) in [5.74, 6) is 0. The van der Waals surface area contributed by atoms with Crippen molar-refractivity contribution in [2.45, 2.75) is 19.3 Å². The van der Waals surface area contributed by atoms with Crippen LogP contribution in [0.15, 0.2) is 164 Å². The Hall–Kier alpha value is -5.08. The quantitative estimate of drug-likeness (QED) is 0.189. The van der Waals surface area contributed by atoms with Crippen LogP contribution >= 0.6 is 0 Å². The Bertz CT molecular complexity index is 1590. The minimum Gasteiger partial charge on any atom is -0.356 e. The predicted molar refractivity (Wildman–Crippen MR) is 175 cm³/mol. The van der Waals surface area contributed by atoms with Crippen molar-refractivity contribution in [2.75, 3.05) is 10.2 Å². The average molecular weight is 531 g/mol. The number of rotatable bonds is 10. The maximum atomic E-state index is 3.45. The van der Waals surface area contributed by atoms with Crippen LogP contribution in [0, 0.1) is 0 Å². The normalized spacial score (nSPS) is 10.7. The molecule has 0 spiro atoms. The average Bonchev–Trinajstić information content (AvgIpc) is 3.04. The Morgan fingerprint density at radius 3 is 1.27 bits per heavy atom. The summed E-state index contributed by atoms with van der Waals surface area (Å²) in [5, 5.41) is 3.45. The van der Waals surface area contributed by atoms with Crippen LogP contribution in [-0.2, 0) is 12.8 Å². The van der Waals surface area contributed by atoms with E-state index in [0.29, 0.717) is 0 Å². The fourth-order valence-electron chi connectivity index (χ4n) is 5.21. The molecule has 0 aliphatic rings. The molecule has 0 fully saturated rings. The van der Waals surface area contributed by atoms with Gasteiger partial charge in [0.15, 0.2) is 0 Å². The molecule has 0 aliphatic carbocycles. The molecule has 41 heavy (non-hydrogen) atoms. The highest BCUT2D eigenvalue weighted by atomic mass is 15.1. The van der Waals surface area contributed by atoms with Crippen molar-refractivity contribution in [3.05, 3.63) is 175 Å². The summed E-state index contributed by atoms with van der Waals surface area (Å²) in [6.07, 6.45) is 3.26. The van der Waals surface area contributed by atoms with Crippen LogP contribution in [0.2, 0.25) is 0 Å². The molecule has 6 aromatic carbocycles. The third kappa shape index (κ3) is 6.74. The smallest absolute Gasteiger partial charge is 0.0461 e. The van der Waals surface area contributed by atoms with Gasteiger partial charge in [0.05, 0.1) is 0 Å². The Balaban J connectivity index is 1.05. The largest absolute Gasteiger partial charge is 0.356 e. The summed E-state index contributed by atoms with van der Waals surface area (Å²) in [6.45, 7) is 0. The van der Waals surface area contributed by atoms with Crippen molar-refractivity contribution in [1.29, 1.82) is 0 Å². The van der Waals surface area contributed by atoms with Gasteiger partial charge >= 0.3 is 0 Å². The number of para-hydroxylation sites is 3. The molecule has 200 valence electrons. The second kappa shape index (κ2) is 12.8. The molecule has 2 heteroatoms. The number of nitrogens with one attached hydrogen (secondary N) is 1. The van der Waals surface area contributed by atoms with Crippen LogP contribution in [0.3, 0.4) is 0 Å². The van der Waals surface area contributed by atoms with E-state index in [9.17, 15) is 0 Å². The standard InChI is InChI=1S/C39H34N2/c1-4-13-35(14-5-1)40-36-27-25-34(26-28-36)33-23-19-31(20-24-33)11-10-12-32-21-29-39(30-22-32)41(37-15-6-2-7-16-37)38-17-8-3-9-18-38/h1-9,13-30,40H,10-12H2. The van der Waals surface area contributed by atoms with Gasteiger partial charge in [0.25, 0.3) is 0 Å². The maximum Gasteiger partial charge on any atom is 0.0461 e. The van der Waals surface area contributed by atoms with E-state index in [1.54, 1.807) is 0 Å². The highest BCUT2D eigenvalue weighted by Gasteiger charge is 2.11. The van der Waals surface area contributed by atoms with Gasteiger partial charge in [0, 0.05) is 28.4 Å². The van der Waals surface area contributed by atoms with Gasteiger partial charge in [-0.25, -0.2) is 0 Å². The minimum atomic E-state index is 1.06. The van der Waals surface area contributed by atoms with Gasteiger partial charge in [-0.1, -0.05) is 103 Å². The van der Waals surface area contributed by atoms with E-state index < -0.39 is 0 Å². The molecular weight excluding hydrogens is 496 g/mol. The zero-order valence-electron chi connectivity index (χ0n) is 23.2. The predicted octanol–water partition coefficient (Wildman–Crippen LogP) is 10.7. The first kappa shape index (κ1) is 26.2. The van der Waals surface area contributed by atoms with Crippen molar-refractivity contribution < 1.29 is 0 Å². The van der Waals surface area contributed by atoms with E-state index in [-0.39, 0.29) is 0 Å². The monoisotopic (exact) mass is 530 g/mol. The molecular formula is C39H34N2. The first-order valence-electron chi connectivity index (χ1n) is 14.3. The Morgan fingerprint density at radius 2 is 0.756 bits per heavy atom.